The monoisotopic (exact) mass is 252 g/mol. The minimum atomic E-state index is -0.525. The highest BCUT2D eigenvalue weighted by Crippen LogP contribution is 2.26. The van der Waals surface area contributed by atoms with Gasteiger partial charge in [-0.3, -0.25) is 4.79 Å². The van der Waals surface area contributed by atoms with Crippen LogP contribution >= 0.6 is 11.8 Å². The Hall–Kier alpha value is -1.43. The van der Waals surface area contributed by atoms with Crippen LogP contribution in [0.5, 0.6) is 0 Å². The van der Waals surface area contributed by atoms with E-state index in [2.05, 4.69) is 10.3 Å². The molecule has 0 aliphatic carbocycles. The molecule has 1 aliphatic rings. The number of hydrogen-bond donors (Lipinski definition) is 3. The van der Waals surface area contributed by atoms with Gasteiger partial charge in [-0.25, -0.2) is 4.98 Å². The van der Waals surface area contributed by atoms with E-state index in [1.54, 1.807) is 6.07 Å². The maximum Gasteiger partial charge on any atom is 0.250 e. The molecule has 2 heterocycles. The van der Waals surface area contributed by atoms with Crippen molar-refractivity contribution in [1.82, 2.24) is 4.98 Å². The molecule has 1 aromatic heterocycles. The number of pyridine rings is 1. The fourth-order valence-corrected chi connectivity index (χ4v) is 3.00. The van der Waals surface area contributed by atoms with Crippen molar-refractivity contribution in [3.05, 3.63) is 17.8 Å². The summed E-state index contributed by atoms with van der Waals surface area (Å²) in [4.78, 5) is 15.2. The molecule has 1 saturated heterocycles. The molecule has 0 aromatic carbocycles. The van der Waals surface area contributed by atoms with Gasteiger partial charge in [0.05, 0.1) is 17.4 Å². The van der Waals surface area contributed by atoms with E-state index >= 15 is 0 Å². The van der Waals surface area contributed by atoms with Crippen LogP contribution in [0.15, 0.2) is 12.3 Å². The number of nitrogens with two attached hydrogens (primary N) is 2. The normalized spacial score (nSPS) is 19.2. The largest absolute Gasteiger partial charge is 0.397 e. The fourth-order valence-electron chi connectivity index (χ4n) is 1.80. The Morgan fingerprint density at radius 2 is 2.47 bits per heavy atom. The van der Waals surface area contributed by atoms with Gasteiger partial charge in [-0.05, 0) is 24.7 Å². The van der Waals surface area contributed by atoms with Crippen molar-refractivity contribution in [2.24, 2.45) is 5.73 Å². The van der Waals surface area contributed by atoms with Gasteiger partial charge in [0, 0.05) is 11.8 Å². The summed E-state index contributed by atoms with van der Waals surface area (Å²) in [7, 11) is 0. The molecular formula is C11H16N4OS. The van der Waals surface area contributed by atoms with Crippen molar-refractivity contribution in [1.29, 1.82) is 0 Å². The van der Waals surface area contributed by atoms with Crippen LogP contribution in [0.2, 0.25) is 0 Å². The van der Waals surface area contributed by atoms with Gasteiger partial charge >= 0.3 is 0 Å². The number of primary amides is 1. The highest BCUT2D eigenvalue weighted by atomic mass is 32.2. The van der Waals surface area contributed by atoms with Gasteiger partial charge in [-0.1, -0.05) is 0 Å². The molecule has 1 unspecified atom stereocenters. The van der Waals surface area contributed by atoms with Gasteiger partial charge in [-0.2, -0.15) is 11.8 Å². The van der Waals surface area contributed by atoms with Crippen LogP contribution < -0.4 is 16.8 Å². The molecule has 5 N–H and O–H groups in total. The van der Waals surface area contributed by atoms with Crippen LogP contribution in [0.3, 0.4) is 0 Å². The van der Waals surface area contributed by atoms with Crippen molar-refractivity contribution in [2.45, 2.75) is 18.1 Å². The number of thioether (sulfide) groups is 1. The van der Waals surface area contributed by atoms with Crippen molar-refractivity contribution in [3.63, 3.8) is 0 Å². The zero-order valence-electron chi connectivity index (χ0n) is 9.48. The van der Waals surface area contributed by atoms with E-state index in [0.29, 0.717) is 22.3 Å². The van der Waals surface area contributed by atoms with Crippen molar-refractivity contribution in [3.8, 4) is 0 Å². The van der Waals surface area contributed by atoms with E-state index in [0.717, 1.165) is 6.54 Å². The first-order valence-corrected chi connectivity index (χ1v) is 6.62. The predicted molar refractivity (Wildman–Crippen MR) is 71.1 cm³/mol. The van der Waals surface area contributed by atoms with Crippen LogP contribution in [0.4, 0.5) is 11.5 Å². The third kappa shape index (κ3) is 3.03. The van der Waals surface area contributed by atoms with Crippen LogP contribution in [0, 0.1) is 0 Å². The summed E-state index contributed by atoms with van der Waals surface area (Å²) >= 11 is 1.97. The number of rotatable bonds is 4. The summed E-state index contributed by atoms with van der Waals surface area (Å²) < 4.78 is 0. The Morgan fingerprint density at radius 1 is 1.65 bits per heavy atom. The molecule has 17 heavy (non-hydrogen) atoms. The number of nitrogens with zero attached hydrogens (tertiary/aromatic N) is 1. The van der Waals surface area contributed by atoms with Gasteiger partial charge in [-0.15, -0.1) is 0 Å². The Morgan fingerprint density at radius 3 is 3.12 bits per heavy atom. The summed E-state index contributed by atoms with van der Waals surface area (Å²) in [5.41, 5.74) is 11.5. The average Bonchev–Trinajstić information content (AvgIpc) is 2.80. The Balaban J connectivity index is 2.00. The number of carbonyl (C=O) groups excluding carboxylic acids is 1. The lowest BCUT2D eigenvalue weighted by molar-refractivity contribution is 0.100. The molecule has 2 rings (SSSR count). The summed E-state index contributed by atoms with van der Waals surface area (Å²) in [6.45, 7) is 0.861. The molecule has 0 radical (unpaired) electrons. The Bertz CT molecular complexity index is 418. The average molecular weight is 252 g/mol. The number of aromatic nitrogens is 1. The highest BCUT2D eigenvalue weighted by Gasteiger charge is 2.15. The van der Waals surface area contributed by atoms with Crippen LogP contribution in [0.25, 0.3) is 0 Å². The molecule has 1 atom stereocenters. The van der Waals surface area contributed by atoms with Crippen molar-refractivity contribution >= 4 is 29.2 Å². The molecule has 5 nitrogen and oxygen atoms in total. The van der Waals surface area contributed by atoms with Crippen LogP contribution in [0.1, 0.15) is 23.2 Å². The molecule has 1 aromatic rings. The second kappa shape index (κ2) is 5.27. The molecule has 0 saturated carbocycles. The van der Waals surface area contributed by atoms with E-state index in [9.17, 15) is 4.79 Å². The molecule has 0 spiro atoms. The number of carbonyl (C=O) groups is 1. The minimum Gasteiger partial charge on any atom is -0.397 e. The van der Waals surface area contributed by atoms with Crippen LogP contribution in [-0.4, -0.2) is 28.4 Å². The fraction of sp³-hybridized carbons (Fsp3) is 0.455. The maximum absolute atomic E-state index is 11.1. The van der Waals surface area contributed by atoms with Crippen molar-refractivity contribution in [2.75, 3.05) is 23.3 Å². The second-order valence-electron chi connectivity index (χ2n) is 4.04. The number of hydrogen-bond acceptors (Lipinski definition) is 5. The van der Waals surface area contributed by atoms with Gasteiger partial charge < -0.3 is 16.8 Å². The molecule has 1 amide bonds. The van der Waals surface area contributed by atoms with Crippen molar-refractivity contribution < 1.29 is 4.79 Å². The SMILES string of the molecule is NC(=O)c1cc(NCC2CCCS2)ncc1N. The molecule has 1 fully saturated rings. The number of anilines is 2. The summed E-state index contributed by atoms with van der Waals surface area (Å²) in [5.74, 6) is 1.36. The minimum absolute atomic E-state index is 0.318. The smallest absolute Gasteiger partial charge is 0.250 e. The standard InChI is InChI=1S/C11H16N4OS/c12-9-6-15-10(4-8(9)11(13)16)14-5-7-2-1-3-17-7/h4,6-7H,1-3,5,12H2,(H2,13,16)(H,14,15). The molecule has 1 aliphatic heterocycles. The van der Waals surface area contributed by atoms with E-state index in [1.165, 1.54) is 24.8 Å². The lowest BCUT2D eigenvalue weighted by atomic mass is 10.2. The summed E-state index contributed by atoms with van der Waals surface area (Å²) in [5, 5.41) is 3.84. The first kappa shape index (κ1) is 12.0. The van der Waals surface area contributed by atoms with E-state index in [1.807, 2.05) is 11.8 Å². The highest BCUT2D eigenvalue weighted by molar-refractivity contribution is 8.00. The third-order valence-corrected chi connectivity index (χ3v) is 4.13. The number of nitrogens with one attached hydrogen (secondary N) is 1. The Labute approximate surface area is 104 Å². The lowest BCUT2D eigenvalue weighted by Crippen LogP contribution is -2.17. The molecular weight excluding hydrogens is 236 g/mol. The topological polar surface area (TPSA) is 94.0 Å². The van der Waals surface area contributed by atoms with Gasteiger partial charge in [0.1, 0.15) is 5.82 Å². The summed E-state index contributed by atoms with van der Waals surface area (Å²) in [6, 6.07) is 1.61. The number of nitrogen functional groups attached to an aromatic ring is 1. The molecule has 0 bridgehead atoms. The number of amides is 1. The lowest BCUT2D eigenvalue weighted by Gasteiger charge is -2.11. The zero-order chi connectivity index (χ0) is 12.3. The Kier molecular flexibility index (Phi) is 3.73. The quantitative estimate of drug-likeness (QED) is 0.745. The van der Waals surface area contributed by atoms with E-state index in [4.69, 9.17) is 11.5 Å². The van der Waals surface area contributed by atoms with Gasteiger partial charge in [0.15, 0.2) is 0 Å². The maximum atomic E-state index is 11.1. The van der Waals surface area contributed by atoms with Crippen LogP contribution in [-0.2, 0) is 0 Å². The van der Waals surface area contributed by atoms with Gasteiger partial charge in [0.25, 0.3) is 5.91 Å². The first-order valence-electron chi connectivity index (χ1n) is 5.57. The first-order chi connectivity index (χ1) is 8.16. The van der Waals surface area contributed by atoms with E-state index in [-0.39, 0.29) is 0 Å². The third-order valence-electron chi connectivity index (χ3n) is 2.74. The second-order valence-corrected chi connectivity index (χ2v) is 5.45. The predicted octanol–water partition coefficient (Wildman–Crippen LogP) is 1.07. The molecule has 92 valence electrons. The summed E-state index contributed by atoms with van der Waals surface area (Å²) in [6.07, 6.45) is 3.97. The van der Waals surface area contributed by atoms with E-state index < -0.39 is 5.91 Å². The zero-order valence-corrected chi connectivity index (χ0v) is 10.3. The van der Waals surface area contributed by atoms with Gasteiger partial charge in [0.2, 0.25) is 0 Å². The molecule has 6 heteroatoms.